The van der Waals surface area contributed by atoms with Gasteiger partial charge in [0.2, 0.25) is 6.10 Å². The van der Waals surface area contributed by atoms with E-state index in [0.717, 1.165) is 4.68 Å². The first-order valence-electron chi connectivity index (χ1n) is 9.10. The molecule has 2 aliphatic rings. The Morgan fingerprint density at radius 1 is 1.31 bits per heavy atom. The van der Waals surface area contributed by atoms with Crippen molar-refractivity contribution in [2.45, 2.75) is 38.1 Å². The van der Waals surface area contributed by atoms with Crippen LogP contribution in [-0.4, -0.2) is 47.3 Å². The molecule has 0 fully saturated rings. The second kappa shape index (κ2) is 7.09. The van der Waals surface area contributed by atoms with E-state index in [4.69, 9.17) is 9.57 Å². The molecule has 154 valence electrons. The summed E-state index contributed by atoms with van der Waals surface area (Å²) in [6.07, 6.45) is -5.42. The van der Waals surface area contributed by atoms with Crippen LogP contribution in [-0.2, 0) is 9.63 Å². The molecule has 0 saturated carbocycles. The highest BCUT2D eigenvalue weighted by Gasteiger charge is 2.47. The average Bonchev–Trinajstić information content (AvgIpc) is 3.32. The number of halogens is 3. The number of para-hydroxylation sites is 1. The van der Waals surface area contributed by atoms with E-state index in [1.807, 2.05) is 12.1 Å². The van der Waals surface area contributed by atoms with Crippen LogP contribution in [0.3, 0.4) is 0 Å². The third kappa shape index (κ3) is 3.43. The lowest BCUT2D eigenvalue weighted by Gasteiger charge is -2.34. The van der Waals surface area contributed by atoms with Gasteiger partial charge in [-0.15, -0.1) is 0 Å². The van der Waals surface area contributed by atoms with Gasteiger partial charge in [-0.25, -0.2) is 4.68 Å². The molecule has 2 aromatic rings. The Labute approximate surface area is 164 Å². The molecule has 1 aromatic carbocycles. The summed E-state index contributed by atoms with van der Waals surface area (Å²) in [4.78, 5) is 19.7. The summed E-state index contributed by atoms with van der Waals surface area (Å²) in [6.45, 7) is 1.52. The summed E-state index contributed by atoms with van der Waals surface area (Å²) in [6, 6.07) is 6.94. The van der Waals surface area contributed by atoms with Gasteiger partial charge in [0.1, 0.15) is 11.6 Å². The maximum absolute atomic E-state index is 13.3. The second-order valence-corrected chi connectivity index (χ2v) is 6.96. The third-order valence-corrected chi connectivity index (χ3v) is 5.04. The molecule has 0 unspecified atom stereocenters. The molecule has 0 saturated heterocycles. The van der Waals surface area contributed by atoms with Gasteiger partial charge in [0, 0.05) is 24.6 Å². The zero-order chi connectivity index (χ0) is 20.8. The minimum Gasteiger partial charge on any atom is -0.496 e. The summed E-state index contributed by atoms with van der Waals surface area (Å²) < 4.78 is 46.2. The van der Waals surface area contributed by atoms with Gasteiger partial charge < -0.3 is 9.57 Å². The van der Waals surface area contributed by atoms with Crippen LogP contribution in [0.15, 0.2) is 35.5 Å². The van der Waals surface area contributed by atoms with Crippen LogP contribution in [0.2, 0.25) is 0 Å². The van der Waals surface area contributed by atoms with Crippen molar-refractivity contribution in [3.63, 3.8) is 0 Å². The van der Waals surface area contributed by atoms with E-state index in [-0.39, 0.29) is 25.2 Å². The third-order valence-electron chi connectivity index (χ3n) is 5.04. The average molecular weight is 408 g/mol. The fraction of sp³-hybridized carbons (Fsp3) is 0.421. The predicted octanol–water partition coefficient (Wildman–Crippen LogP) is 3.23. The molecule has 0 radical (unpaired) electrons. The number of hydrogen-bond donors (Lipinski definition) is 0. The SMILES string of the molecule is COc1ccccc1C1=NO[C@H](C(=O)N2CC[C@@H](C(F)(F)F)n3nc(C)cc32)C1. The summed E-state index contributed by atoms with van der Waals surface area (Å²) in [7, 11) is 1.53. The van der Waals surface area contributed by atoms with Crippen molar-refractivity contribution in [1.82, 2.24) is 9.78 Å². The van der Waals surface area contributed by atoms with Crippen molar-refractivity contribution in [2.24, 2.45) is 5.16 Å². The first-order valence-corrected chi connectivity index (χ1v) is 9.10. The Morgan fingerprint density at radius 2 is 2.07 bits per heavy atom. The maximum atomic E-state index is 13.3. The van der Waals surface area contributed by atoms with Gasteiger partial charge in [-0.05, 0) is 25.5 Å². The van der Waals surface area contributed by atoms with E-state index < -0.39 is 24.2 Å². The molecule has 7 nitrogen and oxygen atoms in total. The van der Waals surface area contributed by atoms with Gasteiger partial charge in [-0.3, -0.25) is 9.69 Å². The lowest BCUT2D eigenvalue weighted by Crippen LogP contribution is -2.47. The highest BCUT2D eigenvalue weighted by atomic mass is 19.4. The first kappa shape index (κ1) is 19.3. The Balaban J connectivity index is 1.55. The number of carbonyl (C=O) groups is 1. The van der Waals surface area contributed by atoms with Gasteiger partial charge in [0.05, 0.1) is 18.5 Å². The molecule has 1 amide bonds. The molecule has 0 N–H and O–H groups in total. The zero-order valence-corrected chi connectivity index (χ0v) is 15.8. The van der Waals surface area contributed by atoms with Crippen molar-refractivity contribution in [2.75, 3.05) is 18.6 Å². The van der Waals surface area contributed by atoms with Gasteiger partial charge in [0.15, 0.2) is 6.04 Å². The molecule has 2 atom stereocenters. The van der Waals surface area contributed by atoms with Gasteiger partial charge in [0.25, 0.3) is 5.91 Å². The maximum Gasteiger partial charge on any atom is 0.410 e. The van der Waals surface area contributed by atoms with E-state index in [2.05, 4.69) is 10.3 Å². The van der Waals surface area contributed by atoms with Crippen molar-refractivity contribution < 1.29 is 27.5 Å². The number of oxime groups is 1. The number of fused-ring (bicyclic) bond motifs is 1. The number of benzene rings is 1. The molecule has 0 spiro atoms. The van der Waals surface area contributed by atoms with Crippen molar-refractivity contribution in [1.29, 1.82) is 0 Å². The number of anilines is 1. The van der Waals surface area contributed by atoms with E-state index in [1.54, 1.807) is 19.1 Å². The number of aromatic nitrogens is 2. The van der Waals surface area contributed by atoms with Crippen LogP contribution in [0.4, 0.5) is 19.0 Å². The Bertz CT molecular complexity index is 970. The number of methoxy groups -OCH3 is 1. The quantitative estimate of drug-likeness (QED) is 0.782. The largest absolute Gasteiger partial charge is 0.496 e. The summed E-state index contributed by atoms with van der Waals surface area (Å²) in [5.74, 6) is 0.276. The molecule has 0 bridgehead atoms. The zero-order valence-electron chi connectivity index (χ0n) is 15.8. The van der Waals surface area contributed by atoms with Gasteiger partial charge in [-0.2, -0.15) is 18.3 Å². The number of ether oxygens (including phenoxy) is 1. The minimum atomic E-state index is -4.44. The monoisotopic (exact) mass is 408 g/mol. The highest BCUT2D eigenvalue weighted by Crippen LogP contribution is 2.40. The van der Waals surface area contributed by atoms with Crippen molar-refractivity contribution >= 4 is 17.4 Å². The normalized spacial score (nSPS) is 21.4. The topological polar surface area (TPSA) is 69.0 Å². The number of nitrogens with zero attached hydrogens (tertiary/aromatic N) is 4. The second-order valence-electron chi connectivity index (χ2n) is 6.96. The summed E-state index contributed by atoms with van der Waals surface area (Å²) in [5.41, 5.74) is 1.67. The fourth-order valence-corrected chi connectivity index (χ4v) is 3.67. The van der Waals surface area contributed by atoms with Crippen LogP contribution >= 0.6 is 0 Å². The number of carbonyl (C=O) groups excluding carboxylic acids is 1. The standard InChI is InChI=1S/C19H19F3N4O3/c1-11-9-17-25(8-7-16(19(20,21)22)26(17)23-11)18(27)15-10-13(24-29-15)12-5-3-4-6-14(12)28-2/h3-6,9,15-16H,7-8,10H2,1-2H3/t15-,16-/m0/s1. The molecule has 1 aromatic heterocycles. The molecule has 2 aliphatic heterocycles. The lowest BCUT2D eigenvalue weighted by atomic mass is 10.0. The highest BCUT2D eigenvalue weighted by molar-refractivity contribution is 6.08. The Kier molecular flexibility index (Phi) is 4.71. The van der Waals surface area contributed by atoms with Crippen LogP contribution in [0.5, 0.6) is 5.75 Å². The van der Waals surface area contributed by atoms with Gasteiger partial charge >= 0.3 is 6.18 Å². The molecule has 0 aliphatic carbocycles. The van der Waals surface area contributed by atoms with E-state index >= 15 is 0 Å². The Morgan fingerprint density at radius 3 is 2.79 bits per heavy atom. The summed E-state index contributed by atoms with van der Waals surface area (Å²) >= 11 is 0. The number of alkyl halides is 3. The number of amides is 1. The van der Waals surface area contributed by atoms with Crippen molar-refractivity contribution in [3.05, 3.63) is 41.6 Å². The molecule has 29 heavy (non-hydrogen) atoms. The van der Waals surface area contributed by atoms with Crippen LogP contribution in [0.25, 0.3) is 0 Å². The van der Waals surface area contributed by atoms with E-state index in [1.165, 1.54) is 18.1 Å². The minimum absolute atomic E-state index is 0.0714. The molecular weight excluding hydrogens is 389 g/mol. The smallest absolute Gasteiger partial charge is 0.410 e. The summed E-state index contributed by atoms with van der Waals surface area (Å²) in [5, 5.41) is 7.97. The van der Waals surface area contributed by atoms with Crippen LogP contribution in [0.1, 0.15) is 30.1 Å². The predicted molar refractivity (Wildman–Crippen MR) is 98.0 cm³/mol. The Hall–Kier alpha value is -3.04. The van der Waals surface area contributed by atoms with E-state index in [9.17, 15) is 18.0 Å². The molecular formula is C19H19F3N4O3. The first-order chi connectivity index (χ1) is 13.8. The number of hydrogen-bond acceptors (Lipinski definition) is 5. The van der Waals surface area contributed by atoms with Crippen molar-refractivity contribution in [3.8, 4) is 5.75 Å². The molecule has 10 heteroatoms. The fourth-order valence-electron chi connectivity index (χ4n) is 3.67. The van der Waals surface area contributed by atoms with Crippen LogP contribution in [0, 0.1) is 6.92 Å². The molecule has 4 rings (SSSR count). The molecule has 3 heterocycles. The number of rotatable bonds is 3. The lowest BCUT2D eigenvalue weighted by molar-refractivity contribution is -0.173. The van der Waals surface area contributed by atoms with Gasteiger partial charge in [-0.1, -0.05) is 17.3 Å². The number of aryl methyl sites for hydroxylation is 1. The van der Waals surface area contributed by atoms with Crippen LogP contribution < -0.4 is 9.64 Å². The van der Waals surface area contributed by atoms with E-state index in [0.29, 0.717) is 22.7 Å².